The molecule has 1 aromatic rings. The predicted molar refractivity (Wildman–Crippen MR) is 115 cm³/mol. The number of esters is 1. The average molecular weight is 450 g/mol. The molecule has 0 radical (unpaired) electrons. The Hall–Kier alpha value is -1.14. The summed E-state index contributed by atoms with van der Waals surface area (Å²) in [6.07, 6.45) is 7.99. The van der Waals surface area contributed by atoms with E-state index in [4.69, 9.17) is 4.74 Å². The second-order valence-corrected chi connectivity index (χ2v) is 10.5. The number of rotatable bonds is 4. The van der Waals surface area contributed by atoms with Crippen molar-refractivity contribution in [3.8, 4) is 0 Å². The van der Waals surface area contributed by atoms with Gasteiger partial charge in [0.05, 0.1) is 7.11 Å². The van der Waals surface area contributed by atoms with Crippen molar-refractivity contribution >= 4 is 27.7 Å². The van der Waals surface area contributed by atoms with E-state index >= 15 is 0 Å². The highest BCUT2D eigenvalue weighted by Gasteiger charge is 2.61. The van der Waals surface area contributed by atoms with Crippen LogP contribution in [0.5, 0.6) is 0 Å². The number of anilines is 1. The van der Waals surface area contributed by atoms with Gasteiger partial charge in [0.2, 0.25) is 0 Å². The number of carbonyl (C=O) groups is 1. The number of nitrogens with zero attached hydrogens (tertiary/aromatic N) is 2. The second-order valence-electron chi connectivity index (χ2n) is 9.61. The Morgan fingerprint density at radius 1 is 1.29 bits per heavy atom. The number of piperidine rings is 1. The van der Waals surface area contributed by atoms with Gasteiger partial charge < -0.3 is 15.0 Å². The summed E-state index contributed by atoms with van der Waals surface area (Å²) in [5, 5.41) is 4.03. The first kappa shape index (κ1) is 20.1. The quantitative estimate of drug-likeness (QED) is 0.689. The van der Waals surface area contributed by atoms with E-state index in [1.165, 1.54) is 26.4 Å². The van der Waals surface area contributed by atoms with Gasteiger partial charge in [0.1, 0.15) is 11.4 Å². The van der Waals surface area contributed by atoms with Crippen molar-refractivity contribution in [2.45, 2.75) is 65.0 Å². The Morgan fingerprint density at radius 2 is 2.00 bits per heavy atom. The zero-order chi connectivity index (χ0) is 20.1. The molecule has 2 bridgehead atoms. The minimum Gasteiger partial charge on any atom is -0.465 e. The minimum absolute atomic E-state index is 0.332. The number of ether oxygens (including phenoxy) is 1. The predicted octanol–water partition coefficient (Wildman–Crippen LogP) is 4.40. The van der Waals surface area contributed by atoms with Crippen LogP contribution in [0.15, 0.2) is 16.7 Å². The van der Waals surface area contributed by atoms with Crippen LogP contribution in [0, 0.1) is 16.7 Å². The topological polar surface area (TPSA) is 54.5 Å². The molecule has 1 N–H and O–H groups in total. The fraction of sp³-hybridized carbons (Fsp3) is 0.727. The molecule has 1 saturated heterocycles. The molecule has 1 aromatic heterocycles. The lowest BCUT2D eigenvalue weighted by Crippen LogP contribution is -2.52. The summed E-state index contributed by atoms with van der Waals surface area (Å²) in [6, 6.07) is 2.98. The van der Waals surface area contributed by atoms with E-state index in [-0.39, 0.29) is 5.97 Å². The van der Waals surface area contributed by atoms with E-state index < -0.39 is 0 Å². The number of nitrogens with one attached hydrogen (secondary N) is 1. The van der Waals surface area contributed by atoms with E-state index in [1.54, 1.807) is 12.3 Å². The van der Waals surface area contributed by atoms with Gasteiger partial charge in [-0.3, -0.25) is 0 Å². The molecule has 3 fully saturated rings. The molecule has 2 saturated carbocycles. The Bertz CT molecular complexity index is 760. The highest BCUT2D eigenvalue weighted by molar-refractivity contribution is 9.10. The highest BCUT2D eigenvalue weighted by Crippen LogP contribution is 2.65. The molecule has 3 unspecified atom stereocenters. The summed E-state index contributed by atoms with van der Waals surface area (Å²) in [4.78, 5) is 18.9. The number of pyridine rings is 1. The highest BCUT2D eigenvalue weighted by atomic mass is 79.9. The van der Waals surface area contributed by atoms with Gasteiger partial charge >= 0.3 is 5.97 Å². The van der Waals surface area contributed by atoms with Crippen LogP contribution in [-0.2, 0) is 4.74 Å². The van der Waals surface area contributed by atoms with Gasteiger partial charge in [-0.25, -0.2) is 9.78 Å². The van der Waals surface area contributed by atoms with Crippen LogP contribution in [0.25, 0.3) is 0 Å². The Morgan fingerprint density at radius 3 is 2.57 bits per heavy atom. The molecule has 154 valence electrons. The van der Waals surface area contributed by atoms with Crippen LogP contribution >= 0.6 is 15.9 Å². The molecule has 28 heavy (non-hydrogen) atoms. The first-order valence-electron chi connectivity index (χ1n) is 10.5. The fourth-order valence-electron chi connectivity index (χ4n) is 5.94. The first-order valence-corrected chi connectivity index (χ1v) is 11.3. The number of hydrogen-bond donors (Lipinski definition) is 1. The number of halogens is 1. The summed E-state index contributed by atoms with van der Waals surface area (Å²) < 4.78 is 5.74. The van der Waals surface area contributed by atoms with Gasteiger partial charge in [-0.05, 0) is 70.8 Å². The first-order chi connectivity index (χ1) is 13.3. The number of hydrogen-bond acceptors (Lipinski definition) is 5. The van der Waals surface area contributed by atoms with Crippen molar-refractivity contribution in [1.82, 2.24) is 10.3 Å². The molecule has 2 aliphatic carbocycles. The van der Waals surface area contributed by atoms with Gasteiger partial charge in [0, 0.05) is 35.8 Å². The van der Waals surface area contributed by atoms with Crippen LogP contribution < -0.4 is 10.2 Å². The van der Waals surface area contributed by atoms with E-state index in [0.717, 1.165) is 42.1 Å². The van der Waals surface area contributed by atoms with Crippen molar-refractivity contribution < 1.29 is 9.53 Å². The molecule has 0 spiro atoms. The monoisotopic (exact) mass is 449 g/mol. The number of fused-ring (bicyclic) bond motifs is 2. The van der Waals surface area contributed by atoms with E-state index in [9.17, 15) is 4.79 Å². The molecule has 0 amide bonds. The van der Waals surface area contributed by atoms with Gasteiger partial charge in [0.15, 0.2) is 0 Å². The molecule has 1 aliphatic heterocycles. The lowest BCUT2D eigenvalue weighted by molar-refractivity contribution is 0.0601. The van der Waals surface area contributed by atoms with E-state index in [2.05, 4.69) is 51.9 Å². The van der Waals surface area contributed by atoms with Crippen molar-refractivity contribution in [1.29, 1.82) is 0 Å². The molecule has 3 atom stereocenters. The normalized spacial score (nSPS) is 32.0. The van der Waals surface area contributed by atoms with Crippen LogP contribution in [0.1, 0.15) is 63.2 Å². The van der Waals surface area contributed by atoms with Crippen LogP contribution in [-0.4, -0.2) is 43.2 Å². The standard InChI is InChI=1S/C22H32BrN3O2/c1-21(2)14-5-8-22(21,3)18(11-14)25-16-6-9-26(10-7-16)19-17(20(27)28-4)12-15(23)13-24-19/h12-14,16,18,25H,5-11H2,1-4H3. The number of methoxy groups -OCH3 is 1. The molecule has 6 heteroatoms. The summed E-state index contributed by atoms with van der Waals surface area (Å²) in [5.41, 5.74) is 1.40. The van der Waals surface area contributed by atoms with Crippen molar-refractivity contribution in [2.24, 2.45) is 16.7 Å². The summed E-state index contributed by atoms with van der Waals surface area (Å²) in [5.74, 6) is 1.27. The molecule has 3 aliphatic rings. The van der Waals surface area contributed by atoms with Gasteiger partial charge in [-0.1, -0.05) is 20.8 Å². The minimum atomic E-state index is -0.332. The van der Waals surface area contributed by atoms with Crippen molar-refractivity contribution in [3.05, 3.63) is 22.3 Å². The van der Waals surface area contributed by atoms with Gasteiger partial charge in [0.25, 0.3) is 0 Å². The third kappa shape index (κ3) is 3.17. The van der Waals surface area contributed by atoms with Gasteiger partial charge in [-0.15, -0.1) is 0 Å². The zero-order valence-electron chi connectivity index (χ0n) is 17.4. The van der Waals surface area contributed by atoms with Crippen LogP contribution in [0.3, 0.4) is 0 Å². The Balaban J connectivity index is 1.41. The Labute approximate surface area is 176 Å². The fourth-order valence-corrected chi connectivity index (χ4v) is 6.27. The lowest BCUT2D eigenvalue weighted by atomic mass is 9.69. The second kappa shape index (κ2) is 7.28. The molecule has 0 aromatic carbocycles. The van der Waals surface area contributed by atoms with Crippen molar-refractivity contribution in [3.63, 3.8) is 0 Å². The smallest absolute Gasteiger partial charge is 0.341 e. The maximum absolute atomic E-state index is 12.2. The lowest BCUT2D eigenvalue weighted by Gasteiger charge is -2.43. The molecular weight excluding hydrogens is 418 g/mol. The third-order valence-corrected chi connectivity index (χ3v) is 8.70. The van der Waals surface area contributed by atoms with Gasteiger partial charge in [-0.2, -0.15) is 0 Å². The SMILES string of the molecule is COC(=O)c1cc(Br)cnc1N1CCC(NC2CC3CCC2(C)C3(C)C)CC1. The zero-order valence-corrected chi connectivity index (χ0v) is 19.0. The number of carbonyl (C=O) groups excluding carboxylic acids is 1. The van der Waals surface area contributed by atoms with Crippen molar-refractivity contribution in [2.75, 3.05) is 25.1 Å². The molecule has 2 heterocycles. The maximum atomic E-state index is 12.2. The maximum Gasteiger partial charge on any atom is 0.341 e. The molecule has 4 rings (SSSR count). The Kier molecular flexibility index (Phi) is 5.24. The van der Waals surface area contributed by atoms with Crippen LogP contribution in [0.4, 0.5) is 5.82 Å². The summed E-state index contributed by atoms with van der Waals surface area (Å²) >= 11 is 3.41. The van der Waals surface area contributed by atoms with E-state index in [1.807, 2.05) is 0 Å². The van der Waals surface area contributed by atoms with E-state index in [0.29, 0.717) is 28.5 Å². The molecular formula is C22H32BrN3O2. The third-order valence-electron chi connectivity index (χ3n) is 8.26. The molecule has 5 nitrogen and oxygen atoms in total. The summed E-state index contributed by atoms with van der Waals surface area (Å²) in [6.45, 7) is 9.27. The summed E-state index contributed by atoms with van der Waals surface area (Å²) in [7, 11) is 1.42. The average Bonchev–Trinajstić information content (AvgIpc) is 3.01. The largest absolute Gasteiger partial charge is 0.465 e. The number of aromatic nitrogens is 1. The van der Waals surface area contributed by atoms with Crippen LogP contribution in [0.2, 0.25) is 0 Å².